The largest absolute Gasteiger partial charge is 0.349 e. The summed E-state index contributed by atoms with van der Waals surface area (Å²) in [4.78, 5) is 23.4. The molecule has 0 fully saturated rings. The van der Waals surface area contributed by atoms with Crippen molar-refractivity contribution in [3.8, 4) is 0 Å². The van der Waals surface area contributed by atoms with Crippen molar-refractivity contribution in [2.75, 3.05) is 6.54 Å². The SMILES string of the molecule is O=C(NCCc1ccccn1)c1nc2ccccc2[nH]1. The highest BCUT2D eigenvalue weighted by atomic mass is 16.2. The van der Waals surface area contributed by atoms with Crippen molar-refractivity contribution in [1.29, 1.82) is 0 Å². The van der Waals surface area contributed by atoms with Gasteiger partial charge in [-0.05, 0) is 24.3 Å². The van der Waals surface area contributed by atoms with E-state index in [4.69, 9.17) is 0 Å². The summed E-state index contributed by atoms with van der Waals surface area (Å²) < 4.78 is 0. The van der Waals surface area contributed by atoms with Gasteiger partial charge in [0, 0.05) is 24.9 Å². The monoisotopic (exact) mass is 266 g/mol. The number of carbonyl (C=O) groups is 1. The first-order valence-corrected chi connectivity index (χ1v) is 6.46. The standard InChI is InChI=1S/C15H14N4O/c20-15(17-10-8-11-5-3-4-9-16-11)14-18-12-6-1-2-7-13(12)19-14/h1-7,9H,8,10H2,(H,17,20)(H,18,19). The van der Waals surface area contributed by atoms with Crippen LogP contribution in [0.3, 0.4) is 0 Å². The molecule has 3 aromatic rings. The van der Waals surface area contributed by atoms with Crippen molar-refractivity contribution in [2.24, 2.45) is 0 Å². The number of nitrogens with one attached hydrogen (secondary N) is 2. The minimum absolute atomic E-state index is 0.197. The fraction of sp³-hybridized carbons (Fsp3) is 0.133. The fourth-order valence-corrected chi connectivity index (χ4v) is 1.99. The summed E-state index contributed by atoms with van der Waals surface area (Å²) in [6.45, 7) is 0.535. The number of aromatic nitrogens is 3. The summed E-state index contributed by atoms with van der Waals surface area (Å²) in [5, 5.41) is 2.84. The smallest absolute Gasteiger partial charge is 0.287 e. The molecule has 0 atom stereocenters. The summed E-state index contributed by atoms with van der Waals surface area (Å²) in [6, 6.07) is 13.3. The van der Waals surface area contributed by atoms with E-state index in [0.717, 1.165) is 16.7 Å². The number of H-pyrrole nitrogens is 1. The Morgan fingerprint density at radius 1 is 1.15 bits per heavy atom. The number of fused-ring (bicyclic) bond motifs is 1. The van der Waals surface area contributed by atoms with E-state index in [1.54, 1.807) is 6.20 Å². The van der Waals surface area contributed by atoms with Crippen molar-refractivity contribution < 1.29 is 4.79 Å². The van der Waals surface area contributed by atoms with E-state index in [2.05, 4.69) is 20.3 Å². The van der Waals surface area contributed by atoms with Crippen LogP contribution in [0, 0.1) is 0 Å². The fourth-order valence-electron chi connectivity index (χ4n) is 1.99. The number of hydrogen-bond acceptors (Lipinski definition) is 3. The van der Waals surface area contributed by atoms with E-state index in [0.29, 0.717) is 18.8 Å². The molecule has 0 bridgehead atoms. The highest BCUT2D eigenvalue weighted by Crippen LogP contribution is 2.09. The van der Waals surface area contributed by atoms with Gasteiger partial charge in [-0.2, -0.15) is 0 Å². The average molecular weight is 266 g/mol. The van der Waals surface area contributed by atoms with Crippen molar-refractivity contribution in [2.45, 2.75) is 6.42 Å². The molecule has 2 aromatic heterocycles. The van der Waals surface area contributed by atoms with Gasteiger partial charge in [0.25, 0.3) is 5.91 Å². The molecule has 0 aliphatic rings. The molecule has 0 radical (unpaired) electrons. The first kappa shape index (κ1) is 12.3. The minimum atomic E-state index is -0.197. The molecule has 20 heavy (non-hydrogen) atoms. The molecule has 0 aliphatic heterocycles. The molecule has 2 heterocycles. The Bertz CT molecular complexity index is 688. The van der Waals surface area contributed by atoms with E-state index < -0.39 is 0 Å². The molecule has 0 unspecified atom stereocenters. The molecule has 5 nitrogen and oxygen atoms in total. The van der Waals surface area contributed by atoms with Crippen LogP contribution in [0.1, 0.15) is 16.3 Å². The van der Waals surface area contributed by atoms with Gasteiger partial charge in [0.15, 0.2) is 5.82 Å². The van der Waals surface area contributed by atoms with Gasteiger partial charge < -0.3 is 10.3 Å². The molecule has 0 spiro atoms. The van der Waals surface area contributed by atoms with Crippen molar-refractivity contribution in [1.82, 2.24) is 20.3 Å². The summed E-state index contributed by atoms with van der Waals surface area (Å²) in [6.07, 6.45) is 2.45. The van der Waals surface area contributed by atoms with Crippen LogP contribution in [0.25, 0.3) is 11.0 Å². The third-order valence-electron chi connectivity index (χ3n) is 3.00. The topological polar surface area (TPSA) is 70.7 Å². The maximum atomic E-state index is 12.0. The summed E-state index contributed by atoms with van der Waals surface area (Å²) >= 11 is 0. The van der Waals surface area contributed by atoms with Gasteiger partial charge in [-0.25, -0.2) is 4.98 Å². The molecule has 0 aliphatic carbocycles. The second-order valence-electron chi connectivity index (χ2n) is 4.43. The number of aromatic amines is 1. The molecule has 100 valence electrons. The zero-order valence-electron chi connectivity index (χ0n) is 10.8. The second kappa shape index (κ2) is 5.52. The quantitative estimate of drug-likeness (QED) is 0.758. The zero-order valence-corrected chi connectivity index (χ0v) is 10.8. The van der Waals surface area contributed by atoms with Crippen LogP contribution in [0.15, 0.2) is 48.7 Å². The number of benzene rings is 1. The van der Waals surface area contributed by atoms with E-state index in [9.17, 15) is 4.79 Å². The first-order valence-electron chi connectivity index (χ1n) is 6.46. The van der Waals surface area contributed by atoms with Gasteiger partial charge in [0.2, 0.25) is 0 Å². The maximum absolute atomic E-state index is 12.0. The number of para-hydroxylation sites is 2. The average Bonchev–Trinajstić information content (AvgIpc) is 2.92. The lowest BCUT2D eigenvalue weighted by Gasteiger charge is -2.02. The molecular formula is C15H14N4O. The van der Waals surface area contributed by atoms with Crippen LogP contribution in [0.5, 0.6) is 0 Å². The maximum Gasteiger partial charge on any atom is 0.287 e. The molecule has 0 saturated heterocycles. The van der Waals surface area contributed by atoms with Crippen molar-refractivity contribution in [3.63, 3.8) is 0 Å². The highest BCUT2D eigenvalue weighted by molar-refractivity contribution is 5.94. The van der Waals surface area contributed by atoms with E-state index >= 15 is 0 Å². The van der Waals surface area contributed by atoms with Crippen molar-refractivity contribution >= 4 is 16.9 Å². The van der Waals surface area contributed by atoms with Gasteiger partial charge in [0.1, 0.15) is 0 Å². The molecule has 1 amide bonds. The van der Waals surface area contributed by atoms with Crippen LogP contribution >= 0.6 is 0 Å². The molecular weight excluding hydrogens is 252 g/mol. The summed E-state index contributed by atoms with van der Waals surface area (Å²) in [7, 11) is 0. The number of amides is 1. The van der Waals surface area contributed by atoms with Crippen LogP contribution in [-0.2, 0) is 6.42 Å². The molecule has 0 saturated carbocycles. The number of imidazole rings is 1. The molecule has 5 heteroatoms. The lowest BCUT2D eigenvalue weighted by molar-refractivity contribution is 0.0945. The first-order chi connectivity index (χ1) is 9.83. The number of nitrogens with zero attached hydrogens (tertiary/aromatic N) is 2. The van der Waals surface area contributed by atoms with Gasteiger partial charge in [-0.15, -0.1) is 0 Å². The molecule has 2 N–H and O–H groups in total. The Morgan fingerprint density at radius 3 is 2.80 bits per heavy atom. The minimum Gasteiger partial charge on any atom is -0.349 e. The zero-order chi connectivity index (χ0) is 13.8. The predicted molar refractivity (Wildman–Crippen MR) is 76.4 cm³/mol. The van der Waals surface area contributed by atoms with E-state index in [-0.39, 0.29) is 5.91 Å². The lowest BCUT2D eigenvalue weighted by Crippen LogP contribution is -2.26. The summed E-state index contributed by atoms with van der Waals surface area (Å²) in [5.74, 6) is 0.143. The van der Waals surface area contributed by atoms with Gasteiger partial charge in [-0.1, -0.05) is 18.2 Å². The van der Waals surface area contributed by atoms with Crippen LogP contribution in [-0.4, -0.2) is 27.4 Å². The highest BCUT2D eigenvalue weighted by Gasteiger charge is 2.10. The van der Waals surface area contributed by atoms with E-state index in [1.165, 1.54) is 0 Å². The third-order valence-corrected chi connectivity index (χ3v) is 3.00. The molecule has 3 rings (SSSR count). The predicted octanol–water partition coefficient (Wildman–Crippen LogP) is 1.93. The van der Waals surface area contributed by atoms with Crippen LogP contribution < -0.4 is 5.32 Å². The van der Waals surface area contributed by atoms with Crippen molar-refractivity contribution in [3.05, 3.63) is 60.2 Å². The summed E-state index contributed by atoms with van der Waals surface area (Å²) in [5.41, 5.74) is 2.61. The Labute approximate surface area is 116 Å². The van der Waals surface area contributed by atoms with Gasteiger partial charge in [-0.3, -0.25) is 9.78 Å². The number of hydrogen-bond donors (Lipinski definition) is 2. The number of carbonyl (C=O) groups excluding carboxylic acids is 1. The Balaban J connectivity index is 1.61. The lowest BCUT2D eigenvalue weighted by atomic mass is 10.3. The van der Waals surface area contributed by atoms with Crippen LogP contribution in [0.2, 0.25) is 0 Å². The van der Waals surface area contributed by atoms with Gasteiger partial charge in [0.05, 0.1) is 11.0 Å². The second-order valence-corrected chi connectivity index (χ2v) is 4.43. The number of pyridine rings is 1. The Kier molecular flexibility index (Phi) is 3.41. The van der Waals surface area contributed by atoms with Crippen LogP contribution in [0.4, 0.5) is 0 Å². The third kappa shape index (κ3) is 2.66. The number of rotatable bonds is 4. The molecule has 1 aromatic carbocycles. The Morgan fingerprint density at radius 2 is 2.00 bits per heavy atom. The Hall–Kier alpha value is -2.69. The van der Waals surface area contributed by atoms with E-state index in [1.807, 2.05) is 42.5 Å². The van der Waals surface area contributed by atoms with Gasteiger partial charge >= 0.3 is 0 Å². The normalized spacial score (nSPS) is 10.6.